The van der Waals surface area contributed by atoms with Crippen molar-refractivity contribution in [2.45, 2.75) is 0 Å². The molecule has 3 aromatic rings. The Labute approximate surface area is 143 Å². The number of nitrogens with zero attached hydrogens (tertiary/aromatic N) is 4. The lowest BCUT2D eigenvalue weighted by molar-refractivity contribution is -0.385. The van der Waals surface area contributed by atoms with Crippen LogP contribution in [0.3, 0.4) is 0 Å². The third-order valence-corrected chi connectivity index (χ3v) is 4.62. The lowest BCUT2D eigenvalue weighted by atomic mass is 10.2. The van der Waals surface area contributed by atoms with Crippen LogP contribution in [0.15, 0.2) is 47.5 Å². The van der Waals surface area contributed by atoms with Crippen molar-refractivity contribution in [1.82, 2.24) is 4.57 Å². The molecule has 9 nitrogen and oxygen atoms in total. The maximum absolute atomic E-state index is 12.3. The summed E-state index contributed by atoms with van der Waals surface area (Å²) in [5.41, 5.74) is 0.414. The third-order valence-electron chi connectivity index (χ3n) is 3.50. The van der Waals surface area contributed by atoms with Crippen LogP contribution in [-0.4, -0.2) is 20.3 Å². The number of thiazole rings is 1. The van der Waals surface area contributed by atoms with Crippen LogP contribution in [0.4, 0.5) is 11.4 Å². The minimum absolute atomic E-state index is 0.0579. The predicted molar refractivity (Wildman–Crippen MR) is 90.4 cm³/mol. The SMILES string of the molecule is Cn1c(=NC(=O)c2cccc([N+](=O)[O-])c2)sc2ccc([N+](=O)[O-])cc21. The number of nitro benzene ring substituents is 2. The molecule has 1 heterocycles. The Bertz CT molecular complexity index is 1100. The molecule has 3 rings (SSSR count). The van der Waals surface area contributed by atoms with Gasteiger partial charge in [0.15, 0.2) is 4.80 Å². The molecular formula is C15H10N4O5S. The molecule has 0 radical (unpaired) electrons. The average Bonchev–Trinajstić information content (AvgIpc) is 2.90. The third kappa shape index (κ3) is 3.15. The second-order valence-electron chi connectivity index (χ2n) is 5.08. The molecule has 0 atom stereocenters. The number of amides is 1. The van der Waals surface area contributed by atoms with Crippen LogP contribution in [0, 0.1) is 20.2 Å². The number of nitro groups is 2. The van der Waals surface area contributed by atoms with Gasteiger partial charge >= 0.3 is 0 Å². The molecule has 2 aromatic carbocycles. The van der Waals surface area contributed by atoms with Gasteiger partial charge in [0.2, 0.25) is 0 Å². The Morgan fingerprint density at radius 1 is 1.08 bits per heavy atom. The van der Waals surface area contributed by atoms with Gasteiger partial charge in [-0.2, -0.15) is 4.99 Å². The lowest BCUT2D eigenvalue weighted by Crippen LogP contribution is -2.13. The minimum Gasteiger partial charge on any atom is -0.319 e. The molecular weight excluding hydrogens is 348 g/mol. The van der Waals surface area contributed by atoms with Gasteiger partial charge in [-0.05, 0) is 12.1 Å². The summed E-state index contributed by atoms with van der Waals surface area (Å²) < 4.78 is 2.31. The van der Waals surface area contributed by atoms with E-state index in [1.807, 2.05) is 0 Å². The van der Waals surface area contributed by atoms with Crippen LogP contribution in [0.5, 0.6) is 0 Å². The second-order valence-corrected chi connectivity index (χ2v) is 6.09. The highest BCUT2D eigenvalue weighted by Crippen LogP contribution is 2.22. The smallest absolute Gasteiger partial charge is 0.279 e. The monoisotopic (exact) mass is 358 g/mol. The zero-order chi connectivity index (χ0) is 18.1. The van der Waals surface area contributed by atoms with Gasteiger partial charge in [0.1, 0.15) is 0 Å². The van der Waals surface area contributed by atoms with Gasteiger partial charge in [-0.3, -0.25) is 25.0 Å². The molecule has 0 saturated heterocycles. The molecule has 0 bridgehead atoms. The number of carbonyl (C=O) groups excluding carboxylic acids is 1. The fourth-order valence-corrected chi connectivity index (χ4v) is 3.24. The molecule has 0 aliphatic rings. The van der Waals surface area contributed by atoms with E-state index in [0.29, 0.717) is 10.3 Å². The molecule has 0 saturated carbocycles. The highest BCUT2D eigenvalue weighted by molar-refractivity contribution is 7.16. The van der Waals surface area contributed by atoms with E-state index in [9.17, 15) is 25.0 Å². The summed E-state index contributed by atoms with van der Waals surface area (Å²) in [6, 6.07) is 9.67. The number of aryl methyl sites for hydroxylation is 1. The van der Waals surface area contributed by atoms with Crippen molar-refractivity contribution in [3.63, 3.8) is 0 Å². The molecule has 1 amide bonds. The summed E-state index contributed by atoms with van der Waals surface area (Å²) in [5, 5.41) is 21.7. The van der Waals surface area contributed by atoms with Crippen molar-refractivity contribution in [2.75, 3.05) is 0 Å². The van der Waals surface area contributed by atoms with E-state index in [0.717, 1.165) is 10.8 Å². The fourth-order valence-electron chi connectivity index (χ4n) is 2.24. The van der Waals surface area contributed by atoms with Crippen molar-refractivity contribution in [3.8, 4) is 0 Å². The van der Waals surface area contributed by atoms with Crippen LogP contribution in [0.25, 0.3) is 10.2 Å². The van der Waals surface area contributed by atoms with Crippen molar-refractivity contribution < 1.29 is 14.6 Å². The van der Waals surface area contributed by atoms with Gasteiger partial charge < -0.3 is 4.57 Å². The van der Waals surface area contributed by atoms with Crippen molar-refractivity contribution in [3.05, 3.63) is 73.1 Å². The molecule has 126 valence electrons. The highest BCUT2D eigenvalue weighted by atomic mass is 32.1. The molecule has 0 spiro atoms. The fraction of sp³-hybridized carbons (Fsp3) is 0.0667. The standard InChI is InChI=1S/C15H10N4O5S/c1-17-12-8-11(19(23)24)5-6-13(12)25-15(17)16-14(20)9-3-2-4-10(7-9)18(21)22/h2-8H,1H3. The van der Waals surface area contributed by atoms with Gasteiger partial charge in [0.25, 0.3) is 17.3 Å². The van der Waals surface area contributed by atoms with E-state index in [4.69, 9.17) is 0 Å². The van der Waals surface area contributed by atoms with Gasteiger partial charge in [0.05, 0.1) is 20.1 Å². The van der Waals surface area contributed by atoms with E-state index in [-0.39, 0.29) is 16.9 Å². The molecule has 0 aliphatic heterocycles. The molecule has 1 aromatic heterocycles. The van der Waals surface area contributed by atoms with E-state index in [1.54, 1.807) is 17.7 Å². The minimum atomic E-state index is -0.625. The van der Waals surface area contributed by atoms with E-state index in [1.165, 1.54) is 41.7 Å². The van der Waals surface area contributed by atoms with Crippen LogP contribution in [-0.2, 0) is 7.05 Å². The number of fused-ring (bicyclic) bond motifs is 1. The van der Waals surface area contributed by atoms with E-state index in [2.05, 4.69) is 4.99 Å². The summed E-state index contributed by atoms with van der Waals surface area (Å²) in [7, 11) is 1.64. The first-order chi connectivity index (χ1) is 11.9. The predicted octanol–water partition coefficient (Wildman–Crippen LogP) is 2.80. The summed E-state index contributed by atoms with van der Waals surface area (Å²) >= 11 is 1.20. The zero-order valence-electron chi connectivity index (χ0n) is 12.8. The Morgan fingerprint density at radius 3 is 2.44 bits per heavy atom. The zero-order valence-corrected chi connectivity index (χ0v) is 13.6. The van der Waals surface area contributed by atoms with Crippen LogP contribution < -0.4 is 4.80 Å². The van der Waals surface area contributed by atoms with Crippen molar-refractivity contribution in [2.24, 2.45) is 12.0 Å². The topological polar surface area (TPSA) is 121 Å². The number of rotatable bonds is 3. The summed E-state index contributed by atoms with van der Waals surface area (Å²) in [5.74, 6) is -0.625. The number of aromatic nitrogens is 1. The number of carbonyl (C=O) groups is 1. The maximum Gasteiger partial charge on any atom is 0.279 e. The first-order valence-electron chi connectivity index (χ1n) is 6.94. The molecule has 0 aliphatic carbocycles. The maximum atomic E-state index is 12.3. The number of benzene rings is 2. The van der Waals surface area contributed by atoms with Crippen molar-refractivity contribution in [1.29, 1.82) is 0 Å². The van der Waals surface area contributed by atoms with E-state index >= 15 is 0 Å². The quantitative estimate of drug-likeness (QED) is 0.526. The second kappa shape index (κ2) is 6.24. The van der Waals surface area contributed by atoms with Crippen LogP contribution in [0.1, 0.15) is 10.4 Å². The lowest BCUT2D eigenvalue weighted by Gasteiger charge is -1.97. The largest absolute Gasteiger partial charge is 0.319 e. The first kappa shape index (κ1) is 16.5. The Morgan fingerprint density at radius 2 is 1.76 bits per heavy atom. The molecule has 0 N–H and O–H groups in total. The van der Waals surface area contributed by atoms with Gasteiger partial charge in [-0.1, -0.05) is 17.4 Å². The normalized spacial score (nSPS) is 11.6. The van der Waals surface area contributed by atoms with Gasteiger partial charge in [-0.25, -0.2) is 0 Å². The number of hydrogen-bond acceptors (Lipinski definition) is 6. The van der Waals surface area contributed by atoms with Crippen LogP contribution >= 0.6 is 11.3 Å². The molecule has 25 heavy (non-hydrogen) atoms. The van der Waals surface area contributed by atoms with Gasteiger partial charge in [0, 0.05) is 36.9 Å². The van der Waals surface area contributed by atoms with Crippen LogP contribution in [0.2, 0.25) is 0 Å². The number of non-ortho nitro benzene ring substituents is 2. The summed E-state index contributed by atoms with van der Waals surface area (Å²) in [4.78, 5) is 37.2. The molecule has 0 fully saturated rings. The first-order valence-corrected chi connectivity index (χ1v) is 7.76. The average molecular weight is 358 g/mol. The van der Waals surface area contributed by atoms with E-state index < -0.39 is 15.8 Å². The van der Waals surface area contributed by atoms with Gasteiger partial charge in [-0.15, -0.1) is 0 Å². The Hall–Kier alpha value is -3.40. The molecule has 10 heteroatoms. The number of hydrogen-bond donors (Lipinski definition) is 0. The Balaban J connectivity index is 2.07. The Kier molecular flexibility index (Phi) is 4.11. The summed E-state index contributed by atoms with van der Waals surface area (Å²) in [6.45, 7) is 0. The van der Waals surface area contributed by atoms with Crippen molar-refractivity contribution >= 4 is 38.8 Å². The molecule has 0 unspecified atom stereocenters. The summed E-state index contributed by atoms with van der Waals surface area (Å²) in [6.07, 6.45) is 0. The highest BCUT2D eigenvalue weighted by Gasteiger charge is 2.13.